The SMILES string of the molecule is CC(C)CN(C[C@H](OCc1ccccc1)C(N)=O)C(=O)N[C@H](C(=O)O)C(Cc1ccccc1)c1ccc(-c2ccccc2)cc1. The van der Waals surface area contributed by atoms with Gasteiger partial charge in [0.1, 0.15) is 6.04 Å². The predicted molar refractivity (Wildman–Crippen MR) is 175 cm³/mol. The van der Waals surface area contributed by atoms with Crippen LogP contribution in [0.25, 0.3) is 11.1 Å². The maximum Gasteiger partial charge on any atom is 0.326 e. The molecule has 4 aromatic carbocycles. The number of aliphatic carboxylic acids is 1. The zero-order valence-electron chi connectivity index (χ0n) is 25.7. The number of amides is 3. The van der Waals surface area contributed by atoms with E-state index in [0.29, 0.717) is 6.42 Å². The van der Waals surface area contributed by atoms with Crippen LogP contribution >= 0.6 is 0 Å². The fourth-order valence-electron chi connectivity index (χ4n) is 5.29. The fourth-order valence-corrected chi connectivity index (χ4v) is 5.29. The first-order valence-electron chi connectivity index (χ1n) is 15.1. The normalized spacial score (nSPS) is 13.0. The third-order valence-electron chi connectivity index (χ3n) is 7.56. The highest BCUT2D eigenvalue weighted by atomic mass is 16.5. The van der Waals surface area contributed by atoms with E-state index in [1.807, 2.05) is 129 Å². The molecule has 45 heavy (non-hydrogen) atoms. The van der Waals surface area contributed by atoms with Crippen molar-refractivity contribution in [3.05, 3.63) is 132 Å². The fraction of sp³-hybridized carbons (Fsp3) is 0.270. The Morgan fingerprint density at radius 1 is 0.756 bits per heavy atom. The van der Waals surface area contributed by atoms with Crippen LogP contribution in [0, 0.1) is 5.92 Å². The summed E-state index contributed by atoms with van der Waals surface area (Å²) in [6, 6.07) is 34.8. The van der Waals surface area contributed by atoms with Gasteiger partial charge in [-0.2, -0.15) is 0 Å². The van der Waals surface area contributed by atoms with Crippen molar-refractivity contribution in [2.24, 2.45) is 11.7 Å². The molecular weight excluding hydrogens is 566 g/mol. The molecule has 234 valence electrons. The van der Waals surface area contributed by atoms with E-state index >= 15 is 0 Å². The monoisotopic (exact) mass is 607 g/mol. The number of nitrogens with zero attached hydrogens (tertiary/aromatic N) is 1. The van der Waals surface area contributed by atoms with Crippen LogP contribution in [0.5, 0.6) is 0 Å². The summed E-state index contributed by atoms with van der Waals surface area (Å²) >= 11 is 0. The third kappa shape index (κ3) is 9.78. The van der Waals surface area contributed by atoms with Gasteiger partial charge in [0, 0.05) is 12.5 Å². The van der Waals surface area contributed by atoms with Crippen LogP contribution in [-0.4, -0.2) is 53.1 Å². The number of primary amides is 1. The van der Waals surface area contributed by atoms with Crippen LogP contribution in [0.3, 0.4) is 0 Å². The molecule has 0 spiro atoms. The molecule has 8 heteroatoms. The number of rotatable bonds is 15. The van der Waals surface area contributed by atoms with Crippen LogP contribution in [-0.2, 0) is 27.4 Å². The Balaban J connectivity index is 1.59. The second-order valence-electron chi connectivity index (χ2n) is 11.5. The number of hydrogen-bond donors (Lipinski definition) is 3. The van der Waals surface area contributed by atoms with E-state index in [4.69, 9.17) is 10.5 Å². The van der Waals surface area contributed by atoms with Gasteiger partial charge in [-0.15, -0.1) is 0 Å². The zero-order valence-corrected chi connectivity index (χ0v) is 25.7. The smallest absolute Gasteiger partial charge is 0.326 e. The van der Waals surface area contributed by atoms with Gasteiger partial charge in [-0.05, 0) is 40.2 Å². The summed E-state index contributed by atoms with van der Waals surface area (Å²) in [4.78, 5) is 40.4. The van der Waals surface area contributed by atoms with Gasteiger partial charge in [0.25, 0.3) is 0 Å². The van der Waals surface area contributed by atoms with Crippen LogP contribution in [0.1, 0.15) is 36.5 Å². The van der Waals surface area contributed by atoms with Crippen molar-refractivity contribution in [1.82, 2.24) is 10.2 Å². The summed E-state index contributed by atoms with van der Waals surface area (Å²) in [6.07, 6.45) is -0.694. The number of carbonyl (C=O) groups excluding carboxylic acids is 2. The van der Waals surface area contributed by atoms with Gasteiger partial charge in [0.15, 0.2) is 6.10 Å². The first kappa shape index (κ1) is 33.0. The molecule has 4 aromatic rings. The Bertz CT molecular complexity index is 1510. The molecule has 4 rings (SSSR count). The van der Waals surface area contributed by atoms with Crippen LogP contribution < -0.4 is 11.1 Å². The van der Waals surface area contributed by atoms with Crippen molar-refractivity contribution < 1.29 is 24.2 Å². The first-order valence-corrected chi connectivity index (χ1v) is 15.1. The molecule has 0 bridgehead atoms. The molecule has 1 unspecified atom stereocenters. The number of urea groups is 1. The number of ether oxygens (including phenoxy) is 1. The van der Waals surface area contributed by atoms with Crippen LogP contribution in [0.15, 0.2) is 115 Å². The lowest BCUT2D eigenvalue weighted by molar-refractivity contribution is -0.140. The molecule has 0 saturated heterocycles. The van der Waals surface area contributed by atoms with Crippen molar-refractivity contribution in [2.45, 2.75) is 44.9 Å². The minimum absolute atomic E-state index is 0.0346. The number of nitrogens with two attached hydrogens (primary N) is 1. The molecule has 0 aliphatic carbocycles. The Morgan fingerprint density at radius 2 is 1.29 bits per heavy atom. The minimum atomic E-state index is -1.26. The Morgan fingerprint density at radius 3 is 1.82 bits per heavy atom. The summed E-state index contributed by atoms with van der Waals surface area (Å²) in [5, 5.41) is 13.3. The topological polar surface area (TPSA) is 122 Å². The van der Waals surface area contributed by atoms with E-state index in [2.05, 4.69) is 5.32 Å². The van der Waals surface area contributed by atoms with Gasteiger partial charge >= 0.3 is 12.0 Å². The standard InChI is InChI=1S/C37H41N3O5/c1-26(2)23-40(24-33(35(38)41)45-25-28-14-8-4-9-15-28)37(44)39-34(36(42)43)32(22-27-12-6-3-7-13-27)31-20-18-30(19-21-31)29-16-10-5-11-17-29/h3-21,26,32-34H,22-25H2,1-2H3,(H2,38,41)(H,39,44)(H,42,43)/t32?,33-,34-/m0/s1. The highest BCUT2D eigenvalue weighted by molar-refractivity contribution is 5.85. The second-order valence-corrected chi connectivity index (χ2v) is 11.5. The molecule has 0 aromatic heterocycles. The molecule has 3 atom stereocenters. The maximum absolute atomic E-state index is 13.8. The van der Waals surface area contributed by atoms with Crippen molar-refractivity contribution in [3.8, 4) is 11.1 Å². The zero-order chi connectivity index (χ0) is 32.2. The van der Waals surface area contributed by atoms with E-state index in [1.54, 1.807) is 0 Å². The molecule has 0 aliphatic heterocycles. The lowest BCUT2D eigenvalue weighted by atomic mass is 9.85. The Kier molecular flexibility index (Phi) is 11.9. The van der Waals surface area contributed by atoms with Gasteiger partial charge in [0.05, 0.1) is 13.2 Å². The van der Waals surface area contributed by atoms with E-state index in [0.717, 1.165) is 27.8 Å². The van der Waals surface area contributed by atoms with E-state index in [9.17, 15) is 19.5 Å². The molecule has 4 N–H and O–H groups in total. The number of hydrogen-bond acceptors (Lipinski definition) is 4. The summed E-state index contributed by atoms with van der Waals surface area (Å²) in [5.74, 6) is -2.41. The second kappa shape index (κ2) is 16.2. The van der Waals surface area contributed by atoms with Gasteiger partial charge in [-0.25, -0.2) is 9.59 Å². The molecule has 0 saturated carbocycles. The highest BCUT2D eigenvalue weighted by Gasteiger charge is 2.34. The van der Waals surface area contributed by atoms with Crippen LogP contribution in [0.2, 0.25) is 0 Å². The average Bonchev–Trinajstić information content (AvgIpc) is 3.05. The Hall–Kier alpha value is -4.95. The quantitative estimate of drug-likeness (QED) is 0.156. The lowest BCUT2D eigenvalue weighted by Crippen LogP contribution is -2.54. The van der Waals surface area contributed by atoms with E-state index in [-0.39, 0.29) is 25.6 Å². The molecule has 0 radical (unpaired) electrons. The minimum Gasteiger partial charge on any atom is -0.480 e. The first-order chi connectivity index (χ1) is 21.7. The third-order valence-corrected chi connectivity index (χ3v) is 7.56. The highest BCUT2D eigenvalue weighted by Crippen LogP contribution is 2.28. The average molecular weight is 608 g/mol. The molecule has 3 amide bonds. The molecule has 8 nitrogen and oxygen atoms in total. The van der Waals surface area contributed by atoms with E-state index in [1.165, 1.54) is 4.90 Å². The lowest BCUT2D eigenvalue weighted by Gasteiger charge is -2.32. The maximum atomic E-state index is 13.8. The van der Waals surface area contributed by atoms with Crippen molar-refractivity contribution >= 4 is 17.9 Å². The number of nitrogens with one attached hydrogen (secondary N) is 1. The predicted octanol–water partition coefficient (Wildman–Crippen LogP) is 5.87. The number of carboxylic acid groups (broad SMARTS) is 1. The van der Waals surface area contributed by atoms with E-state index < -0.39 is 36.0 Å². The van der Waals surface area contributed by atoms with Crippen molar-refractivity contribution in [2.75, 3.05) is 13.1 Å². The largest absolute Gasteiger partial charge is 0.480 e. The van der Waals surface area contributed by atoms with Crippen molar-refractivity contribution in [3.63, 3.8) is 0 Å². The molecular formula is C37H41N3O5. The Labute approximate surface area is 264 Å². The summed E-state index contributed by atoms with van der Waals surface area (Å²) in [7, 11) is 0. The van der Waals surface area contributed by atoms with Crippen molar-refractivity contribution in [1.29, 1.82) is 0 Å². The summed E-state index contributed by atoms with van der Waals surface area (Å²) in [5.41, 5.74) is 10.3. The number of carboxylic acids is 1. The van der Waals surface area contributed by atoms with Gasteiger partial charge < -0.3 is 25.8 Å². The number of carbonyl (C=O) groups is 3. The van der Waals surface area contributed by atoms with Gasteiger partial charge in [-0.3, -0.25) is 4.79 Å². The molecule has 0 heterocycles. The van der Waals surface area contributed by atoms with Crippen LogP contribution in [0.4, 0.5) is 4.79 Å². The van der Waals surface area contributed by atoms with Gasteiger partial charge in [0.2, 0.25) is 5.91 Å². The molecule has 0 fully saturated rings. The molecule has 0 aliphatic rings. The summed E-state index contributed by atoms with van der Waals surface area (Å²) < 4.78 is 5.84. The number of benzene rings is 4. The summed E-state index contributed by atoms with van der Waals surface area (Å²) in [6.45, 7) is 4.16. The van der Waals surface area contributed by atoms with Gasteiger partial charge in [-0.1, -0.05) is 129 Å².